The third-order valence-corrected chi connectivity index (χ3v) is 5.96. The Morgan fingerprint density at radius 3 is 1.77 bits per heavy atom. The Hall–Kier alpha value is -3.24. The van der Waals surface area contributed by atoms with E-state index in [1.165, 1.54) is 0 Å². The minimum absolute atomic E-state index is 0.00513. The molecule has 4 nitrogen and oxygen atoms in total. The van der Waals surface area contributed by atoms with Crippen molar-refractivity contribution < 1.29 is 9.59 Å². The highest BCUT2D eigenvalue weighted by Crippen LogP contribution is 2.23. The molecular weight excluding hydrogens is 384 g/mol. The molecule has 1 heterocycles. The van der Waals surface area contributed by atoms with Crippen molar-refractivity contribution in [1.29, 1.82) is 0 Å². The van der Waals surface area contributed by atoms with E-state index in [1.807, 2.05) is 91.0 Å². The lowest BCUT2D eigenvalue weighted by Gasteiger charge is -2.31. The van der Waals surface area contributed by atoms with E-state index in [9.17, 15) is 9.59 Å². The summed E-state index contributed by atoms with van der Waals surface area (Å²) >= 11 is 0. The van der Waals surface area contributed by atoms with Crippen LogP contribution in [0.1, 0.15) is 40.4 Å². The van der Waals surface area contributed by atoms with Crippen molar-refractivity contribution in [3.63, 3.8) is 0 Å². The molecule has 1 saturated heterocycles. The quantitative estimate of drug-likeness (QED) is 0.582. The number of nitrogens with one attached hydrogen (secondary N) is 1. The average Bonchev–Trinajstić information content (AvgIpc) is 2.84. The first-order chi connectivity index (χ1) is 15.2. The van der Waals surface area contributed by atoms with Crippen LogP contribution in [0.4, 0.5) is 0 Å². The van der Waals surface area contributed by atoms with Crippen LogP contribution in [-0.2, 0) is 4.79 Å². The van der Waals surface area contributed by atoms with Gasteiger partial charge in [-0.25, -0.2) is 0 Å². The fourth-order valence-corrected chi connectivity index (χ4v) is 4.25. The van der Waals surface area contributed by atoms with E-state index in [-0.39, 0.29) is 23.7 Å². The van der Waals surface area contributed by atoms with Crippen molar-refractivity contribution in [1.82, 2.24) is 10.2 Å². The molecule has 3 aromatic carbocycles. The van der Waals surface area contributed by atoms with E-state index in [0.717, 1.165) is 42.6 Å². The molecule has 0 unspecified atom stereocenters. The van der Waals surface area contributed by atoms with Gasteiger partial charge in [-0.3, -0.25) is 14.5 Å². The second kappa shape index (κ2) is 10.2. The lowest BCUT2D eigenvalue weighted by atomic mass is 9.89. The molecule has 158 valence electrons. The molecule has 0 aliphatic carbocycles. The fraction of sp³-hybridized carbons (Fsp3) is 0.259. The molecule has 0 atom stereocenters. The van der Waals surface area contributed by atoms with Crippen molar-refractivity contribution in [2.45, 2.75) is 18.9 Å². The molecule has 0 aromatic heterocycles. The van der Waals surface area contributed by atoms with Gasteiger partial charge in [-0.05, 0) is 37.1 Å². The topological polar surface area (TPSA) is 49.4 Å². The summed E-state index contributed by atoms with van der Waals surface area (Å²) in [5.74, 6) is 0.270. The number of carbonyl (C=O) groups is 2. The van der Waals surface area contributed by atoms with Crippen LogP contribution in [0.25, 0.3) is 0 Å². The third-order valence-electron chi connectivity index (χ3n) is 5.96. The normalized spacial score (nSPS) is 15.0. The molecule has 4 rings (SSSR count). The number of likely N-dealkylation sites (tertiary alicyclic amines) is 1. The molecule has 1 N–H and O–H groups in total. The Balaban J connectivity index is 1.34. The molecular formula is C27H28N2O2. The van der Waals surface area contributed by atoms with Gasteiger partial charge < -0.3 is 5.32 Å². The highest BCUT2D eigenvalue weighted by molar-refractivity contribution is 5.97. The van der Waals surface area contributed by atoms with E-state index in [0.29, 0.717) is 6.54 Å². The van der Waals surface area contributed by atoms with Crippen molar-refractivity contribution >= 4 is 11.7 Å². The SMILES string of the molecule is O=C(CN1CCC(C(=O)c2ccccc2)CC1)NC(c1ccccc1)c1ccccc1. The fourth-order valence-electron chi connectivity index (χ4n) is 4.25. The maximum Gasteiger partial charge on any atom is 0.234 e. The Labute approximate surface area is 183 Å². The number of Topliss-reactive ketones (excluding diaryl/α,β-unsaturated/α-hetero) is 1. The number of ketones is 1. The van der Waals surface area contributed by atoms with Crippen molar-refractivity contribution in [3.05, 3.63) is 108 Å². The number of amides is 1. The summed E-state index contributed by atoms with van der Waals surface area (Å²) in [6, 6.07) is 29.4. The number of hydrogen-bond donors (Lipinski definition) is 1. The molecule has 1 aliphatic rings. The summed E-state index contributed by atoms with van der Waals surface area (Å²) in [6.45, 7) is 1.87. The first-order valence-electron chi connectivity index (χ1n) is 10.9. The lowest BCUT2D eigenvalue weighted by Crippen LogP contribution is -2.43. The molecule has 4 heteroatoms. The summed E-state index contributed by atoms with van der Waals surface area (Å²) in [4.78, 5) is 27.7. The van der Waals surface area contributed by atoms with Gasteiger partial charge in [-0.2, -0.15) is 0 Å². The second-order valence-corrected chi connectivity index (χ2v) is 8.10. The van der Waals surface area contributed by atoms with Gasteiger partial charge in [-0.15, -0.1) is 0 Å². The highest BCUT2D eigenvalue weighted by atomic mass is 16.2. The molecule has 31 heavy (non-hydrogen) atoms. The van der Waals surface area contributed by atoms with Crippen LogP contribution in [0, 0.1) is 5.92 Å². The van der Waals surface area contributed by atoms with Gasteiger partial charge >= 0.3 is 0 Å². The van der Waals surface area contributed by atoms with E-state index in [1.54, 1.807) is 0 Å². The molecule has 3 aromatic rings. The second-order valence-electron chi connectivity index (χ2n) is 8.10. The molecule has 0 bridgehead atoms. The lowest BCUT2D eigenvalue weighted by molar-refractivity contribution is -0.123. The smallest absolute Gasteiger partial charge is 0.234 e. The van der Waals surface area contributed by atoms with Crippen LogP contribution in [0.3, 0.4) is 0 Å². The third kappa shape index (κ3) is 5.47. The Morgan fingerprint density at radius 2 is 1.26 bits per heavy atom. The predicted octanol–water partition coefficient (Wildman–Crippen LogP) is 4.49. The van der Waals surface area contributed by atoms with Crippen molar-refractivity contribution in [3.8, 4) is 0 Å². The van der Waals surface area contributed by atoms with Gasteiger partial charge in [0.1, 0.15) is 0 Å². The summed E-state index contributed by atoms with van der Waals surface area (Å²) in [5.41, 5.74) is 2.91. The van der Waals surface area contributed by atoms with Crippen LogP contribution < -0.4 is 5.32 Å². The standard InChI is InChI=1S/C27H28N2O2/c30-25(28-26(21-10-4-1-5-11-21)22-12-6-2-7-13-22)20-29-18-16-24(17-19-29)27(31)23-14-8-3-9-15-23/h1-15,24,26H,16-20H2,(H,28,30). The Bertz CT molecular complexity index is 942. The highest BCUT2D eigenvalue weighted by Gasteiger charge is 2.27. The zero-order valence-corrected chi connectivity index (χ0v) is 17.6. The first kappa shape index (κ1) is 21.0. The van der Waals surface area contributed by atoms with E-state index in [4.69, 9.17) is 0 Å². The van der Waals surface area contributed by atoms with Gasteiger partial charge in [0.2, 0.25) is 5.91 Å². The molecule has 1 fully saturated rings. The largest absolute Gasteiger partial charge is 0.344 e. The summed E-state index contributed by atoms with van der Waals surface area (Å²) in [5, 5.41) is 3.21. The summed E-state index contributed by atoms with van der Waals surface area (Å²) < 4.78 is 0. The maximum absolute atomic E-state index is 12.9. The van der Waals surface area contributed by atoms with Gasteiger partial charge in [0.05, 0.1) is 12.6 Å². The van der Waals surface area contributed by atoms with Crippen LogP contribution in [0.15, 0.2) is 91.0 Å². The predicted molar refractivity (Wildman–Crippen MR) is 123 cm³/mol. The molecule has 1 amide bonds. The Kier molecular flexibility index (Phi) is 6.90. The van der Waals surface area contributed by atoms with E-state index >= 15 is 0 Å². The van der Waals surface area contributed by atoms with Crippen LogP contribution in [0.5, 0.6) is 0 Å². The van der Waals surface area contributed by atoms with Gasteiger partial charge in [0, 0.05) is 11.5 Å². The monoisotopic (exact) mass is 412 g/mol. The molecule has 0 radical (unpaired) electrons. The summed E-state index contributed by atoms with van der Waals surface area (Å²) in [7, 11) is 0. The Morgan fingerprint density at radius 1 is 0.774 bits per heavy atom. The number of benzene rings is 3. The van der Waals surface area contributed by atoms with Crippen molar-refractivity contribution in [2.24, 2.45) is 5.92 Å². The van der Waals surface area contributed by atoms with Crippen LogP contribution in [0.2, 0.25) is 0 Å². The van der Waals surface area contributed by atoms with E-state index in [2.05, 4.69) is 10.2 Å². The zero-order valence-electron chi connectivity index (χ0n) is 17.6. The zero-order chi connectivity index (χ0) is 21.5. The van der Waals surface area contributed by atoms with Crippen LogP contribution >= 0.6 is 0 Å². The number of rotatable bonds is 7. The minimum atomic E-state index is -0.174. The van der Waals surface area contributed by atoms with Gasteiger partial charge in [-0.1, -0.05) is 91.0 Å². The number of hydrogen-bond acceptors (Lipinski definition) is 3. The molecule has 1 aliphatic heterocycles. The molecule has 0 saturated carbocycles. The number of piperidine rings is 1. The van der Waals surface area contributed by atoms with Gasteiger partial charge in [0.25, 0.3) is 0 Å². The average molecular weight is 413 g/mol. The number of carbonyl (C=O) groups excluding carboxylic acids is 2. The van der Waals surface area contributed by atoms with Gasteiger partial charge in [0.15, 0.2) is 5.78 Å². The minimum Gasteiger partial charge on any atom is -0.344 e. The van der Waals surface area contributed by atoms with E-state index < -0.39 is 0 Å². The first-order valence-corrected chi connectivity index (χ1v) is 10.9. The van der Waals surface area contributed by atoms with Crippen molar-refractivity contribution in [2.75, 3.05) is 19.6 Å². The maximum atomic E-state index is 12.9. The summed E-state index contributed by atoms with van der Waals surface area (Å²) in [6.07, 6.45) is 1.59. The number of nitrogens with zero attached hydrogens (tertiary/aromatic N) is 1. The van der Waals surface area contributed by atoms with Crippen LogP contribution in [-0.4, -0.2) is 36.2 Å². The molecule has 0 spiro atoms.